The molecule has 0 amide bonds. The Morgan fingerprint density at radius 3 is 2.88 bits per heavy atom. The molecule has 2 atom stereocenters. The molecule has 0 radical (unpaired) electrons. The molecule has 2 rings (SSSR count). The van der Waals surface area contributed by atoms with Gasteiger partial charge in [0.15, 0.2) is 0 Å². The SMILES string of the molecule is CC(N)c1ccc(N2CCOCC2C)cc1Br. The maximum atomic E-state index is 5.91. The molecule has 2 unspecified atom stereocenters. The van der Waals surface area contributed by atoms with Gasteiger partial charge in [0.1, 0.15) is 0 Å². The summed E-state index contributed by atoms with van der Waals surface area (Å²) < 4.78 is 6.54. The van der Waals surface area contributed by atoms with E-state index in [1.807, 2.05) is 6.92 Å². The molecule has 0 aliphatic carbocycles. The highest BCUT2D eigenvalue weighted by Gasteiger charge is 2.19. The van der Waals surface area contributed by atoms with Crippen LogP contribution in [0, 0.1) is 0 Å². The van der Waals surface area contributed by atoms with E-state index in [1.165, 1.54) is 5.69 Å². The van der Waals surface area contributed by atoms with Gasteiger partial charge in [0.25, 0.3) is 0 Å². The van der Waals surface area contributed by atoms with Crippen LogP contribution in [0.4, 0.5) is 5.69 Å². The Labute approximate surface area is 111 Å². The summed E-state index contributed by atoms with van der Waals surface area (Å²) in [5.41, 5.74) is 8.29. The van der Waals surface area contributed by atoms with E-state index in [9.17, 15) is 0 Å². The molecule has 17 heavy (non-hydrogen) atoms. The smallest absolute Gasteiger partial charge is 0.0668 e. The summed E-state index contributed by atoms with van der Waals surface area (Å²) >= 11 is 3.60. The summed E-state index contributed by atoms with van der Waals surface area (Å²) in [7, 11) is 0. The fraction of sp³-hybridized carbons (Fsp3) is 0.538. The van der Waals surface area contributed by atoms with Crippen LogP contribution >= 0.6 is 15.9 Å². The van der Waals surface area contributed by atoms with Crippen LogP contribution in [0.2, 0.25) is 0 Å². The lowest BCUT2D eigenvalue weighted by molar-refractivity contribution is 0.0989. The monoisotopic (exact) mass is 298 g/mol. The lowest BCUT2D eigenvalue weighted by Gasteiger charge is -2.35. The molecule has 2 N–H and O–H groups in total. The number of halogens is 1. The van der Waals surface area contributed by atoms with Crippen molar-refractivity contribution >= 4 is 21.6 Å². The van der Waals surface area contributed by atoms with E-state index in [1.54, 1.807) is 0 Å². The van der Waals surface area contributed by atoms with Crippen LogP contribution < -0.4 is 10.6 Å². The van der Waals surface area contributed by atoms with Gasteiger partial charge in [0.2, 0.25) is 0 Å². The van der Waals surface area contributed by atoms with Gasteiger partial charge in [0.05, 0.1) is 13.2 Å². The van der Waals surface area contributed by atoms with Crippen molar-refractivity contribution in [3.05, 3.63) is 28.2 Å². The Morgan fingerprint density at radius 2 is 2.29 bits per heavy atom. The molecule has 1 saturated heterocycles. The highest BCUT2D eigenvalue weighted by molar-refractivity contribution is 9.10. The van der Waals surface area contributed by atoms with Crippen molar-refractivity contribution in [3.8, 4) is 0 Å². The zero-order valence-corrected chi connectivity index (χ0v) is 11.9. The van der Waals surface area contributed by atoms with Gasteiger partial charge in [0, 0.05) is 28.8 Å². The highest BCUT2D eigenvalue weighted by atomic mass is 79.9. The molecule has 1 aromatic rings. The normalized spacial score (nSPS) is 22.6. The number of hydrogen-bond donors (Lipinski definition) is 1. The molecule has 0 saturated carbocycles. The first-order chi connectivity index (χ1) is 8.09. The van der Waals surface area contributed by atoms with Crippen molar-refractivity contribution in [1.82, 2.24) is 0 Å². The van der Waals surface area contributed by atoms with Crippen LogP contribution in [0.1, 0.15) is 25.5 Å². The Hall–Kier alpha value is -0.580. The van der Waals surface area contributed by atoms with E-state index in [2.05, 4.69) is 46.0 Å². The van der Waals surface area contributed by atoms with Gasteiger partial charge in [-0.1, -0.05) is 22.0 Å². The Morgan fingerprint density at radius 1 is 1.53 bits per heavy atom. The average Bonchev–Trinajstić information content (AvgIpc) is 2.29. The minimum atomic E-state index is 0.0561. The van der Waals surface area contributed by atoms with Crippen molar-refractivity contribution in [2.24, 2.45) is 5.73 Å². The van der Waals surface area contributed by atoms with Gasteiger partial charge in [-0.25, -0.2) is 0 Å². The van der Waals surface area contributed by atoms with Crippen LogP contribution in [0.3, 0.4) is 0 Å². The quantitative estimate of drug-likeness (QED) is 0.912. The van der Waals surface area contributed by atoms with Gasteiger partial charge in [-0.15, -0.1) is 0 Å². The van der Waals surface area contributed by atoms with E-state index in [4.69, 9.17) is 10.5 Å². The first kappa shape index (κ1) is 12.9. The second-order valence-electron chi connectivity index (χ2n) is 4.61. The number of benzene rings is 1. The molecule has 1 aliphatic rings. The lowest BCUT2D eigenvalue weighted by Crippen LogP contribution is -2.43. The summed E-state index contributed by atoms with van der Waals surface area (Å²) in [4.78, 5) is 2.37. The van der Waals surface area contributed by atoms with Gasteiger partial charge < -0.3 is 15.4 Å². The van der Waals surface area contributed by atoms with E-state index >= 15 is 0 Å². The van der Waals surface area contributed by atoms with Gasteiger partial charge >= 0.3 is 0 Å². The topological polar surface area (TPSA) is 38.5 Å². The molecule has 1 aromatic carbocycles. The van der Waals surface area contributed by atoms with E-state index < -0.39 is 0 Å². The number of anilines is 1. The third-order valence-electron chi connectivity index (χ3n) is 3.17. The molecular weight excluding hydrogens is 280 g/mol. The van der Waals surface area contributed by atoms with Crippen LogP contribution in [-0.4, -0.2) is 25.8 Å². The average molecular weight is 299 g/mol. The molecule has 0 bridgehead atoms. The summed E-state index contributed by atoms with van der Waals surface area (Å²) in [6.07, 6.45) is 0. The molecule has 0 spiro atoms. The molecule has 1 aliphatic heterocycles. The number of nitrogens with zero attached hydrogens (tertiary/aromatic N) is 1. The minimum Gasteiger partial charge on any atom is -0.377 e. The van der Waals surface area contributed by atoms with E-state index in [0.717, 1.165) is 29.8 Å². The number of rotatable bonds is 2. The lowest BCUT2D eigenvalue weighted by atomic mass is 10.1. The summed E-state index contributed by atoms with van der Waals surface area (Å²) in [5, 5.41) is 0. The molecule has 0 aromatic heterocycles. The second-order valence-corrected chi connectivity index (χ2v) is 5.47. The van der Waals surface area contributed by atoms with Crippen LogP contribution in [0.25, 0.3) is 0 Å². The first-order valence-electron chi connectivity index (χ1n) is 5.99. The van der Waals surface area contributed by atoms with Crippen LogP contribution in [-0.2, 0) is 4.74 Å². The zero-order valence-electron chi connectivity index (χ0n) is 10.3. The predicted octanol–water partition coefficient (Wildman–Crippen LogP) is 2.69. The van der Waals surface area contributed by atoms with E-state index in [0.29, 0.717) is 6.04 Å². The third-order valence-corrected chi connectivity index (χ3v) is 3.86. The van der Waals surface area contributed by atoms with Crippen molar-refractivity contribution < 1.29 is 4.74 Å². The van der Waals surface area contributed by atoms with Gasteiger partial charge in [-0.3, -0.25) is 0 Å². The minimum absolute atomic E-state index is 0.0561. The fourth-order valence-corrected chi connectivity index (χ4v) is 2.90. The van der Waals surface area contributed by atoms with Crippen molar-refractivity contribution in [2.45, 2.75) is 25.9 Å². The van der Waals surface area contributed by atoms with Gasteiger partial charge in [-0.05, 0) is 31.5 Å². The van der Waals surface area contributed by atoms with Crippen molar-refractivity contribution in [1.29, 1.82) is 0 Å². The predicted molar refractivity (Wildman–Crippen MR) is 74.4 cm³/mol. The number of hydrogen-bond acceptors (Lipinski definition) is 3. The molecule has 1 heterocycles. The first-order valence-corrected chi connectivity index (χ1v) is 6.78. The van der Waals surface area contributed by atoms with Crippen molar-refractivity contribution in [2.75, 3.05) is 24.7 Å². The van der Waals surface area contributed by atoms with E-state index in [-0.39, 0.29) is 6.04 Å². The summed E-state index contributed by atoms with van der Waals surface area (Å²) in [5.74, 6) is 0. The molecule has 3 nitrogen and oxygen atoms in total. The third kappa shape index (κ3) is 2.81. The Balaban J connectivity index is 2.24. The van der Waals surface area contributed by atoms with Gasteiger partial charge in [-0.2, -0.15) is 0 Å². The summed E-state index contributed by atoms with van der Waals surface area (Å²) in [6, 6.07) is 6.88. The number of nitrogens with two attached hydrogens (primary N) is 1. The number of morpholine rings is 1. The second kappa shape index (κ2) is 5.38. The molecular formula is C13H19BrN2O. The number of ether oxygens (including phenoxy) is 1. The molecule has 94 valence electrons. The molecule has 1 fully saturated rings. The summed E-state index contributed by atoms with van der Waals surface area (Å²) in [6.45, 7) is 6.73. The Bertz CT molecular complexity index is 395. The maximum Gasteiger partial charge on any atom is 0.0668 e. The van der Waals surface area contributed by atoms with Crippen LogP contribution in [0.5, 0.6) is 0 Å². The molecule has 4 heteroatoms. The fourth-order valence-electron chi connectivity index (χ4n) is 2.17. The highest BCUT2D eigenvalue weighted by Crippen LogP contribution is 2.29. The van der Waals surface area contributed by atoms with Crippen molar-refractivity contribution in [3.63, 3.8) is 0 Å². The maximum absolute atomic E-state index is 5.91. The standard InChI is InChI=1S/C13H19BrN2O/c1-9-8-17-6-5-16(9)11-3-4-12(10(2)15)13(14)7-11/h3-4,7,9-10H,5-6,8,15H2,1-2H3. The van der Waals surface area contributed by atoms with Crippen LogP contribution in [0.15, 0.2) is 22.7 Å². The zero-order chi connectivity index (χ0) is 12.4. The Kier molecular flexibility index (Phi) is 4.07. The largest absolute Gasteiger partial charge is 0.377 e.